The second-order valence-corrected chi connectivity index (χ2v) is 9.64. The Labute approximate surface area is 181 Å². The molecule has 2 aromatic rings. The topological polar surface area (TPSA) is 75.7 Å². The highest BCUT2D eigenvalue weighted by Crippen LogP contribution is 2.25. The van der Waals surface area contributed by atoms with Crippen LogP contribution in [0.3, 0.4) is 0 Å². The van der Waals surface area contributed by atoms with Gasteiger partial charge in [0.15, 0.2) is 11.6 Å². The molecule has 1 N–H and O–H groups in total. The van der Waals surface area contributed by atoms with Crippen molar-refractivity contribution in [3.63, 3.8) is 0 Å². The molecule has 0 spiro atoms. The summed E-state index contributed by atoms with van der Waals surface area (Å²) < 4.78 is 59.4. The van der Waals surface area contributed by atoms with Crippen LogP contribution in [0.1, 0.15) is 43.5 Å². The zero-order valence-corrected chi connectivity index (χ0v) is 18.3. The zero-order chi connectivity index (χ0) is 22.6. The van der Waals surface area contributed by atoms with Crippen LogP contribution in [0.15, 0.2) is 47.4 Å². The van der Waals surface area contributed by atoms with E-state index in [1.54, 1.807) is 6.92 Å². The van der Waals surface area contributed by atoms with Crippen molar-refractivity contribution in [3.05, 3.63) is 59.7 Å². The number of ether oxygens (including phenoxy) is 1. The Morgan fingerprint density at radius 3 is 2.71 bits per heavy atom. The maximum atomic E-state index is 13.7. The fourth-order valence-corrected chi connectivity index (χ4v) is 5.26. The Bertz CT molecular complexity index is 1050. The van der Waals surface area contributed by atoms with Crippen molar-refractivity contribution in [2.75, 3.05) is 13.2 Å². The van der Waals surface area contributed by atoms with E-state index in [1.807, 2.05) is 6.92 Å². The lowest BCUT2D eigenvalue weighted by Crippen LogP contribution is -2.42. The van der Waals surface area contributed by atoms with Gasteiger partial charge >= 0.3 is 0 Å². The molecule has 1 heterocycles. The third-order valence-corrected chi connectivity index (χ3v) is 7.21. The zero-order valence-electron chi connectivity index (χ0n) is 17.5. The molecule has 2 unspecified atom stereocenters. The van der Waals surface area contributed by atoms with Crippen molar-refractivity contribution in [1.82, 2.24) is 9.62 Å². The van der Waals surface area contributed by atoms with Crippen molar-refractivity contribution < 1.29 is 26.7 Å². The number of rotatable bonds is 7. The summed E-state index contributed by atoms with van der Waals surface area (Å²) in [7, 11) is -3.69. The largest absolute Gasteiger partial charge is 0.488 e. The number of piperidine rings is 1. The summed E-state index contributed by atoms with van der Waals surface area (Å²) in [6, 6.07) is 8.29. The van der Waals surface area contributed by atoms with Gasteiger partial charge in [0.05, 0.1) is 10.9 Å². The Balaban J connectivity index is 1.65. The average molecular weight is 453 g/mol. The normalized spacial score (nSPS) is 18.4. The van der Waals surface area contributed by atoms with Crippen molar-refractivity contribution in [3.8, 4) is 5.75 Å². The van der Waals surface area contributed by atoms with Crippen molar-refractivity contribution in [1.29, 1.82) is 0 Å². The highest BCUT2D eigenvalue weighted by Gasteiger charge is 2.31. The molecule has 0 bridgehead atoms. The minimum Gasteiger partial charge on any atom is -0.488 e. The molecule has 1 saturated heterocycles. The molecule has 2 atom stereocenters. The number of nitrogens with zero attached hydrogens (tertiary/aromatic N) is 1. The lowest BCUT2D eigenvalue weighted by Gasteiger charge is -2.32. The van der Waals surface area contributed by atoms with Gasteiger partial charge in [-0.1, -0.05) is 12.5 Å². The molecule has 6 nitrogen and oxygen atoms in total. The summed E-state index contributed by atoms with van der Waals surface area (Å²) in [5.74, 6) is -2.13. The highest BCUT2D eigenvalue weighted by molar-refractivity contribution is 7.89. The van der Waals surface area contributed by atoms with Crippen LogP contribution in [0.5, 0.6) is 5.75 Å². The Kier molecular flexibility index (Phi) is 7.27. The molecule has 0 saturated carbocycles. The third-order valence-electron chi connectivity index (χ3n) is 5.21. The first-order chi connectivity index (χ1) is 14.7. The Morgan fingerprint density at radius 2 is 2.00 bits per heavy atom. The van der Waals surface area contributed by atoms with Crippen LogP contribution >= 0.6 is 0 Å². The first-order valence-electron chi connectivity index (χ1n) is 10.2. The van der Waals surface area contributed by atoms with Crippen molar-refractivity contribution >= 4 is 15.9 Å². The molecular weight excluding hydrogens is 426 g/mol. The molecule has 1 fully saturated rings. The molecule has 31 heavy (non-hydrogen) atoms. The number of hydrogen-bond acceptors (Lipinski definition) is 4. The van der Waals surface area contributed by atoms with Gasteiger partial charge in [-0.2, -0.15) is 4.31 Å². The van der Waals surface area contributed by atoms with Crippen molar-refractivity contribution in [2.24, 2.45) is 0 Å². The smallest absolute Gasteiger partial charge is 0.251 e. The average Bonchev–Trinajstić information content (AvgIpc) is 2.73. The minimum absolute atomic E-state index is 0.0441. The predicted octanol–water partition coefficient (Wildman–Crippen LogP) is 3.73. The van der Waals surface area contributed by atoms with Crippen LogP contribution in [-0.2, 0) is 10.0 Å². The summed E-state index contributed by atoms with van der Waals surface area (Å²) >= 11 is 0. The molecule has 3 rings (SSSR count). The van der Waals surface area contributed by atoms with Crippen LogP contribution in [0, 0.1) is 11.6 Å². The number of carbonyl (C=O) groups is 1. The SMILES string of the molecule is CC(COc1ccc(F)cc1F)NC(=O)c1cccc(S(=O)(=O)N2CCCCC2C)c1. The number of halogens is 2. The van der Waals surface area contributed by atoms with Crippen LogP contribution in [0.2, 0.25) is 0 Å². The lowest BCUT2D eigenvalue weighted by atomic mass is 10.1. The first kappa shape index (κ1) is 23.1. The van der Waals surface area contributed by atoms with Crippen molar-refractivity contribution in [2.45, 2.75) is 50.1 Å². The number of amides is 1. The van der Waals surface area contributed by atoms with E-state index in [0.29, 0.717) is 12.6 Å². The second kappa shape index (κ2) is 9.74. The third kappa shape index (κ3) is 5.59. The van der Waals surface area contributed by atoms with Gasteiger partial charge in [0.25, 0.3) is 5.91 Å². The fraction of sp³-hybridized carbons (Fsp3) is 0.409. The minimum atomic E-state index is -3.69. The maximum Gasteiger partial charge on any atom is 0.251 e. The quantitative estimate of drug-likeness (QED) is 0.695. The second-order valence-electron chi connectivity index (χ2n) is 7.75. The molecule has 0 radical (unpaired) electrons. The standard InChI is InChI=1S/C22H26F2N2O4S/c1-15(14-30-21-10-9-18(23)13-20(21)24)25-22(27)17-7-5-8-19(12-17)31(28,29)26-11-4-3-6-16(26)2/h5,7-10,12-13,15-16H,3-4,6,11,14H2,1-2H3,(H,25,27). The van der Waals surface area contributed by atoms with E-state index in [9.17, 15) is 22.0 Å². The Morgan fingerprint density at radius 1 is 1.23 bits per heavy atom. The van der Waals surface area contributed by atoms with Gasteiger partial charge in [0.1, 0.15) is 12.4 Å². The summed E-state index contributed by atoms with van der Waals surface area (Å²) in [5, 5.41) is 2.70. The number of sulfonamides is 1. The highest BCUT2D eigenvalue weighted by atomic mass is 32.2. The molecule has 0 aliphatic carbocycles. The number of benzene rings is 2. The molecule has 168 valence electrons. The molecule has 1 aliphatic heterocycles. The van der Waals surface area contributed by atoms with Gasteiger partial charge in [-0.25, -0.2) is 17.2 Å². The van der Waals surface area contributed by atoms with Gasteiger partial charge < -0.3 is 10.1 Å². The summed E-state index contributed by atoms with van der Waals surface area (Å²) in [5.41, 5.74) is 0.200. The summed E-state index contributed by atoms with van der Waals surface area (Å²) in [6.45, 7) is 3.97. The van der Waals surface area contributed by atoms with E-state index < -0.39 is 33.6 Å². The van der Waals surface area contributed by atoms with E-state index >= 15 is 0 Å². The number of carbonyl (C=O) groups excluding carboxylic acids is 1. The number of nitrogens with one attached hydrogen (secondary N) is 1. The van der Waals surface area contributed by atoms with Gasteiger partial charge in [0, 0.05) is 24.2 Å². The molecule has 1 aliphatic rings. The Hall–Kier alpha value is -2.52. The van der Waals surface area contributed by atoms with Crippen LogP contribution in [-0.4, -0.2) is 43.9 Å². The molecule has 9 heteroatoms. The first-order valence-corrected chi connectivity index (χ1v) is 11.6. The van der Waals surface area contributed by atoms with Gasteiger partial charge in [-0.3, -0.25) is 4.79 Å². The van der Waals surface area contributed by atoms with Crippen LogP contribution in [0.4, 0.5) is 8.78 Å². The summed E-state index contributed by atoms with van der Waals surface area (Å²) in [4.78, 5) is 12.7. The molecular formula is C22H26F2N2O4S. The number of hydrogen-bond donors (Lipinski definition) is 1. The van der Waals surface area contributed by atoms with E-state index in [0.717, 1.165) is 25.3 Å². The van der Waals surface area contributed by atoms with E-state index in [-0.39, 0.29) is 28.9 Å². The predicted molar refractivity (Wildman–Crippen MR) is 112 cm³/mol. The van der Waals surface area contributed by atoms with Gasteiger partial charge in [-0.15, -0.1) is 0 Å². The monoisotopic (exact) mass is 452 g/mol. The molecule has 0 aromatic heterocycles. The summed E-state index contributed by atoms with van der Waals surface area (Å²) in [6.07, 6.45) is 2.62. The fourth-order valence-electron chi connectivity index (χ4n) is 3.52. The van der Waals surface area contributed by atoms with Crippen LogP contribution < -0.4 is 10.1 Å². The van der Waals surface area contributed by atoms with E-state index in [4.69, 9.17) is 4.74 Å². The van der Waals surface area contributed by atoms with Gasteiger partial charge in [-0.05, 0) is 57.0 Å². The van der Waals surface area contributed by atoms with Crippen LogP contribution in [0.25, 0.3) is 0 Å². The van der Waals surface area contributed by atoms with E-state index in [2.05, 4.69) is 5.32 Å². The maximum absolute atomic E-state index is 13.7. The molecule has 1 amide bonds. The van der Waals surface area contributed by atoms with E-state index in [1.165, 1.54) is 34.6 Å². The molecule has 2 aromatic carbocycles. The van der Waals surface area contributed by atoms with Gasteiger partial charge in [0.2, 0.25) is 10.0 Å². The lowest BCUT2D eigenvalue weighted by molar-refractivity contribution is 0.0926.